The van der Waals surface area contributed by atoms with Crippen molar-refractivity contribution < 1.29 is 13.9 Å². The summed E-state index contributed by atoms with van der Waals surface area (Å²) in [5.74, 6) is 1.63. The molecule has 2 saturated heterocycles. The summed E-state index contributed by atoms with van der Waals surface area (Å²) in [5.41, 5.74) is 8.53. The smallest absolute Gasteiger partial charge is 0.289 e. The molecule has 8 nitrogen and oxygen atoms in total. The number of fused-ring (bicyclic) bond motifs is 2. The normalized spacial score (nSPS) is 20.9. The van der Waals surface area contributed by atoms with Gasteiger partial charge in [-0.2, -0.15) is 0 Å². The maximum Gasteiger partial charge on any atom is 0.289 e. The topological polar surface area (TPSA) is 97.7 Å². The van der Waals surface area contributed by atoms with Gasteiger partial charge in [0.2, 0.25) is 5.95 Å². The van der Waals surface area contributed by atoms with E-state index in [0.717, 1.165) is 55.1 Å². The van der Waals surface area contributed by atoms with Crippen molar-refractivity contribution >= 4 is 11.9 Å². The Labute approximate surface area is 182 Å². The number of aryl methyl sites for hydroxylation is 1. The maximum atomic E-state index is 13.2. The lowest BCUT2D eigenvalue weighted by Crippen LogP contribution is -2.49. The summed E-state index contributed by atoms with van der Waals surface area (Å²) < 4.78 is 12.2. The molecule has 2 fully saturated rings. The quantitative estimate of drug-likeness (QED) is 0.804. The van der Waals surface area contributed by atoms with Crippen LogP contribution < -0.4 is 5.73 Å². The lowest BCUT2D eigenvalue weighted by molar-refractivity contribution is -0.0968. The second-order valence-corrected chi connectivity index (χ2v) is 8.88. The van der Waals surface area contributed by atoms with Gasteiger partial charge < -0.3 is 19.8 Å². The number of furan rings is 1. The molecule has 5 heterocycles. The van der Waals surface area contributed by atoms with E-state index >= 15 is 0 Å². The van der Waals surface area contributed by atoms with Crippen LogP contribution in [0.2, 0.25) is 0 Å². The Morgan fingerprint density at radius 3 is 2.74 bits per heavy atom. The molecule has 3 aliphatic rings. The first-order chi connectivity index (χ1) is 15.1. The molecule has 2 aromatic heterocycles. The van der Waals surface area contributed by atoms with Crippen molar-refractivity contribution in [2.45, 2.75) is 57.6 Å². The average Bonchev–Trinajstić information content (AvgIpc) is 3.45. The van der Waals surface area contributed by atoms with Crippen molar-refractivity contribution in [3.05, 3.63) is 40.6 Å². The summed E-state index contributed by atoms with van der Waals surface area (Å²) in [5, 5.41) is 0. The third kappa shape index (κ3) is 3.83. The number of anilines is 1. The van der Waals surface area contributed by atoms with Gasteiger partial charge in [0.25, 0.3) is 5.91 Å². The molecule has 0 radical (unpaired) electrons. The van der Waals surface area contributed by atoms with E-state index in [9.17, 15) is 4.79 Å². The maximum absolute atomic E-state index is 13.2. The first-order valence-corrected chi connectivity index (χ1v) is 11.5. The second kappa shape index (κ2) is 8.24. The second-order valence-electron chi connectivity index (χ2n) is 8.88. The first kappa shape index (κ1) is 20.5. The van der Waals surface area contributed by atoms with E-state index in [2.05, 4.69) is 21.8 Å². The van der Waals surface area contributed by atoms with Crippen molar-refractivity contribution in [3.8, 4) is 0 Å². The molecule has 8 heteroatoms. The van der Waals surface area contributed by atoms with Gasteiger partial charge in [0.05, 0.1) is 12.3 Å². The summed E-state index contributed by atoms with van der Waals surface area (Å²) in [6, 6.07) is 1.96. The molecule has 1 amide bonds. The number of aromatic nitrogens is 2. The van der Waals surface area contributed by atoms with Crippen molar-refractivity contribution in [2.24, 2.45) is 0 Å². The van der Waals surface area contributed by atoms with Crippen LogP contribution in [0.25, 0.3) is 0 Å². The number of ether oxygens (including phenoxy) is 1. The minimum atomic E-state index is -0.472. The SMILES string of the molecule is CCc1oc(C(=O)N2CCC3(CC2)OCCc2cnc(N)nc23)cc1CN1CCCC1. The van der Waals surface area contributed by atoms with Gasteiger partial charge in [-0.25, -0.2) is 9.97 Å². The lowest BCUT2D eigenvalue weighted by Gasteiger charge is -2.43. The molecule has 31 heavy (non-hydrogen) atoms. The van der Waals surface area contributed by atoms with Crippen LogP contribution in [-0.2, 0) is 29.7 Å². The molecule has 0 aliphatic carbocycles. The fourth-order valence-corrected chi connectivity index (χ4v) is 5.22. The Hall–Kier alpha value is -2.45. The number of hydrogen-bond donors (Lipinski definition) is 1. The monoisotopic (exact) mass is 425 g/mol. The highest BCUT2D eigenvalue weighted by Gasteiger charge is 2.43. The van der Waals surface area contributed by atoms with Crippen LogP contribution in [0.5, 0.6) is 0 Å². The number of likely N-dealkylation sites (tertiary alicyclic amines) is 2. The zero-order chi connectivity index (χ0) is 21.4. The third-order valence-corrected chi connectivity index (χ3v) is 6.94. The summed E-state index contributed by atoms with van der Waals surface area (Å²) in [7, 11) is 0. The Morgan fingerprint density at radius 2 is 2.00 bits per heavy atom. The van der Waals surface area contributed by atoms with Gasteiger partial charge in [-0.3, -0.25) is 9.69 Å². The van der Waals surface area contributed by atoms with Crippen molar-refractivity contribution in [2.75, 3.05) is 38.5 Å². The van der Waals surface area contributed by atoms with Crippen molar-refractivity contribution in [1.29, 1.82) is 0 Å². The molecule has 2 N–H and O–H groups in total. The molecule has 5 rings (SSSR count). The molecule has 3 aliphatic heterocycles. The number of carbonyl (C=O) groups excluding carboxylic acids is 1. The van der Waals surface area contributed by atoms with Crippen LogP contribution in [0.1, 0.15) is 65.7 Å². The van der Waals surface area contributed by atoms with Gasteiger partial charge in [0.15, 0.2) is 5.76 Å². The Morgan fingerprint density at radius 1 is 1.23 bits per heavy atom. The molecule has 0 aromatic carbocycles. The number of carbonyl (C=O) groups is 1. The minimum absolute atomic E-state index is 0.0320. The van der Waals surface area contributed by atoms with E-state index in [1.54, 1.807) is 0 Å². The molecule has 0 atom stereocenters. The fourth-order valence-electron chi connectivity index (χ4n) is 5.22. The predicted molar refractivity (Wildman–Crippen MR) is 116 cm³/mol. The van der Waals surface area contributed by atoms with E-state index in [4.69, 9.17) is 14.9 Å². The Balaban J connectivity index is 1.30. The molecular formula is C23H31N5O3. The van der Waals surface area contributed by atoms with Gasteiger partial charge >= 0.3 is 0 Å². The van der Waals surface area contributed by atoms with Crippen LogP contribution >= 0.6 is 0 Å². The van der Waals surface area contributed by atoms with Crippen LogP contribution in [-0.4, -0.2) is 58.5 Å². The molecule has 0 unspecified atom stereocenters. The van der Waals surface area contributed by atoms with Gasteiger partial charge in [-0.05, 0) is 56.8 Å². The highest BCUT2D eigenvalue weighted by Crippen LogP contribution is 2.40. The minimum Gasteiger partial charge on any atom is -0.456 e. The van der Waals surface area contributed by atoms with Crippen LogP contribution in [0.15, 0.2) is 16.7 Å². The van der Waals surface area contributed by atoms with Gasteiger partial charge in [-0.1, -0.05) is 6.92 Å². The number of rotatable bonds is 4. The van der Waals surface area contributed by atoms with E-state index in [0.29, 0.717) is 38.3 Å². The van der Waals surface area contributed by atoms with E-state index in [1.165, 1.54) is 12.8 Å². The largest absolute Gasteiger partial charge is 0.456 e. The zero-order valence-electron chi connectivity index (χ0n) is 18.2. The first-order valence-electron chi connectivity index (χ1n) is 11.5. The molecule has 0 bridgehead atoms. The molecule has 2 aromatic rings. The summed E-state index contributed by atoms with van der Waals surface area (Å²) >= 11 is 0. The fraction of sp³-hybridized carbons (Fsp3) is 0.609. The van der Waals surface area contributed by atoms with E-state index in [1.807, 2.05) is 17.2 Å². The van der Waals surface area contributed by atoms with Crippen LogP contribution in [0.4, 0.5) is 5.95 Å². The van der Waals surface area contributed by atoms with Crippen molar-refractivity contribution in [1.82, 2.24) is 19.8 Å². The number of nitrogens with two attached hydrogens (primary N) is 1. The molecule has 0 saturated carbocycles. The Kier molecular flexibility index (Phi) is 5.44. The van der Waals surface area contributed by atoms with Gasteiger partial charge in [0.1, 0.15) is 11.4 Å². The number of nitrogens with zero attached hydrogens (tertiary/aromatic N) is 4. The predicted octanol–water partition coefficient (Wildman–Crippen LogP) is 2.51. The van der Waals surface area contributed by atoms with Gasteiger partial charge in [-0.15, -0.1) is 0 Å². The van der Waals surface area contributed by atoms with Crippen molar-refractivity contribution in [3.63, 3.8) is 0 Å². The third-order valence-electron chi connectivity index (χ3n) is 6.94. The van der Waals surface area contributed by atoms with E-state index < -0.39 is 5.60 Å². The van der Waals surface area contributed by atoms with Gasteiger partial charge in [0, 0.05) is 37.8 Å². The summed E-state index contributed by atoms with van der Waals surface area (Å²) in [4.78, 5) is 26.2. The molecule has 166 valence electrons. The average molecular weight is 426 g/mol. The Bertz CT molecular complexity index is 958. The molecule has 1 spiro atoms. The standard InChI is InChI=1S/C23H31N5O3/c1-2-18-17(15-27-8-3-4-9-27)13-19(31-18)21(29)28-10-6-23(7-11-28)20-16(5-12-30-23)14-25-22(24)26-20/h13-14H,2-12,15H2,1H3,(H2,24,25,26). The highest BCUT2D eigenvalue weighted by molar-refractivity contribution is 5.92. The van der Waals surface area contributed by atoms with Crippen LogP contribution in [0, 0.1) is 0 Å². The molecular weight excluding hydrogens is 394 g/mol. The highest BCUT2D eigenvalue weighted by atomic mass is 16.5. The lowest BCUT2D eigenvalue weighted by atomic mass is 9.83. The van der Waals surface area contributed by atoms with E-state index in [-0.39, 0.29) is 11.9 Å². The summed E-state index contributed by atoms with van der Waals surface area (Å²) in [6.07, 6.45) is 7.31. The number of nitrogen functional groups attached to an aromatic ring is 1. The zero-order valence-corrected chi connectivity index (χ0v) is 18.2. The van der Waals surface area contributed by atoms with Crippen LogP contribution in [0.3, 0.4) is 0 Å². The number of hydrogen-bond acceptors (Lipinski definition) is 7. The number of piperidine rings is 1. The summed E-state index contributed by atoms with van der Waals surface area (Å²) in [6.45, 7) is 7.05. The number of amides is 1.